The first-order valence-electron chi connectivity index (χ1n) is 8.38. The molecule has 5 nitrogen and oxygen atoms in total. The van der Waals surface area contributed by atoms with Gasteiger partial charge in [0.15, 0.2) is 0 Å². The van der Waals surface area contributed by atoms with Crippen molar-refractivity contribution in [2.24, 2.45) is 0 Å². The van der Waals surface area contributed by atoms with Crippen LogP contribution in [-0.4, -0.2) is 30.5 Å². The number of carbonyl (C=O) groups excluding carboxylic acids is 2. The molecule has 0 bridgehead atoms. The molecule has 0 saturated carbocycles. The summed E-state index contributed by atoms with van der Waals surface area (Å²) in [4.78, 5) is 28.4. The molecule has 1 aromatic heterocycles. The Morgan fingerprint density at radius 3 is 2.77 bits per heavy atom. The molecule has 0 saturated heterocycles. The van der Waals surface area contributed by atoms with Gasteiger partial charge in [0.1, 0.15) is 0 Å². The average Bonchev–Trinajstić information content (AvgIpc) is 3.13. The van der Waals surface area contributed by atoms with Crippen molar-refractivity contribution in [2.75, 3.05) is 13.7 Å². The largest absolute Gasteiger partial charge is 0.465 e. The van der Waals surface area contributed by atoms with E-state index in [1.807, 2.05) is 16.3 Å². The molecule has 0 radical (unpaired) electrons. The van der Waals surface area contributed by atoms with E-state index >= 15 is 0 Å². The van der Waals surface area contributed by atoms with Crippen LogP contribution in [0.4, 0.5) is 0 Å². The molecule has 0 fully saturated rings. The van der Waals surface area contributed by atoms with Gasteiger partial charge in [-0.2, -0.15) is 0 Å². The summed E-state index contributed by atoms with van der Waals surface area (Å²) in [6, 6.07) is 8.93. The Morgan fingerprint density at radius 1 is 1.31 bits per heavy atom. The predicted octanol–water partition coefficient (Wildman–Crippen LogP) is 3.74. The molecule has 1 aliphatic rings. The highest BCUT2D eigenvalue weighted by molar-refractivity contribution is 7.10. The van der Waals surface area contributed by atoms with Gasteiger partial charge in [-0.05, 0) is 29.5 Å². The minimum atomic E-state index is -1.71. The van der Waals surface area contributed by atoms with Crippen molar-refractivity contribution in [3.8, 4) is 0 Å². The van der Waals surface area contributed by atoms with Crippen LogP contribution in [0.2, 0.25) is 5.02 Å². The van der Waals surface area contributed by atoms with Crippen LogP contribution in [-0.2, 0) is 37.8 Å². The first-order chi connectivity index (χ1) is 12.5. The minimum Gasteiger partial charge on any atom is -0.465 e. The molecule has 0 aliphatic carbocycles. The number of esters is 2. The number of halogens is 1. The van der Waals surface area contributed by atoms with Crippen LogP contribution in [0.25, 0.3) is 0 Å². The third-order valence-corrected chi connectivity index (χ3v) is 5.86. The minimum absolute atomic E-state index is 0.140. The Labute approximate surface area is 161 Å². The fourth-order valence-corrected chi connectivity index (χ4v) is 4.35. The molecule has 1 aliphatic heterocycles. The molecule has 2 aromatic rings. The maximum Gasteiger partial charge on any atom is 0.371 e. The number of hydrogen-bond donors (Lipinski definition) is 0. The molecule has 3 rings (SSSR count). The summed E-state index contributed by atoms with van der Waals surface area (Å²) >= 11 is 8.10. The van der Waals surface area contributed by atoms with Gasteiger partial charge in [0.05, 0.1) is 7.11 Å². The van der Waals surface area contributed by atoms with Crippen molar-refractivity contribution in [2.45, 2.75) is 32.0 Å². The van der Waals surface area contributed by atoms with E-state index in [1.165, 1.54) is 12.0 Å². The lowest BCUT2D eigenvalue weighted by Gasteiger charge is -2.42. The van der Waals surface area contributed by atoms with Crippen LogP contribution in [0.3, 0.4) is 0 Å². The molecule has 0 N–H and O–H groups in total. The molecule has 7 heteroatoms. The number of fused-ring (bicyclic) bond motifs is 1. The van der Waals surface area contributed by atoms with E-state index < -0.39 is 17.7 Å². The van der Waals surface area contributed by atoms with Gasteiger partial charge in [0, 0.05) is 35.0 Å². The average molecular weight is 394 g/mol. The second-order valence-electron chi connectivity index (χ2n) is 5.98. The molecule has 0 amide bonds. The number of ether oxygens (including phenoxy) is 2. The fourth-order valence-electron chi connectivity index (χ4n) is 3.20. The van der Waals surface area contributed by atoms with Crippen LogP contribution in [0.15, 0.2) is 35.7 Å². The van der Waals surface area contributed by atoms with Gasteiger partial charge in [-0.3, -0.25) is 4.79 Å². The lowest BCUT2D eigenvalue weighted by atomic mass is 9.96. The molecule has 2 heterocycles. The maximum absolute atomic E-state index is 13.0. The van der Waals surface area contributed by atoms with Gasteiger partial charge in [-0.1, -0.05) is 36.7 Å². The van der Waals surface area contributed by atoms with Crippen molar-refractivity contribution in [1.82, 2.24) is 4.90 Å². The zero-order valence-electron chi connectivity index (χ0n) is 14.7. The van der Waals surface area contributed by atoms with Crippen molar-refractivity contribution >= 4 is 34.9 Å². The standard InChI is InChI=1S/C19H20ClNO4S/c1-3-17(22)25-19(18(23)24-2,14-6-4-5-7-15(14)20)21-10-8-16-13(12-21)9-11-26-16/h4-7,9,11H,3,8,10,12H2,1-2H3/t19-/m0/s1. The highest BCUT2D eigenvalue weighted by atomic mass is 35.5. The van der Waals surface area contributed by atoms with Gasteiger partial charge >= 0.3 is 11.9 Å². The van der Waals surface area contributed by atoms with Crippen molar-refractivity contribution in [3.05, 3.63) is 56.7 Å². The lowest BCUT2D eigenvalue weighted by Crippen LogP contribution is -2.56. The predicted molar refractivity (Wildman–Crippen MR) is 100.0 cm³/mol. The second kappa shape index (κ2) is 7.78. The Balaban J connectivity index is 2.15. The summed E-state index contributed by atoms with van der Waals surface area (Å²) < 4.78 is 10.8. The van der Waals surface area contributed by atoms with E-state index in [0.29, 0.717) is 23.7 Å². The highest BCUT2D eigenvalue weighted by Crippen LogP contribution is 2.40. The van der Waals surface area contributed by atoms with Gasteiger partial charge in [-0.25, -0.2) is 9.69 Å². The van der Waals surface area contributed by atoms with E-state index in [2.05, 4.69) is 0 Å². The Kier molecular flexibility index (Phi) is 5.65. The number of thiophene rings is 1. The molecule has 26 heavy (non-hydrogen) atoms. The Hall–Kier alpha value is -1.89. The van der Waals surface area contributed by atoms with Gasteiger partial charge in [-0.15, -0.1) is 11.3 Å². The van der Waals surface area contributed by atoms with Crippen LogP contribution in [0.5, 0.6) is 0 Å². The van der Waals surface area contributed by atoms with Crippen molar-refractivity contribution in [1.29, 1.82) is 0 Å². The van der Waals surface area contributed by atoms with E-state index in [0.717, 1.165) is 12.0 Å². The van der Waals surface area contributed by atoms with E-state index in [-0.39, 0.29) is 6.42 Å². The monoisotopic (exact) mass is 393 g/mol. The van der Waals surface area contributed by atoms with Gasteiger partial charge < -0.3 is 9.47 Å². The number of carbonyl (C=O) groups is 2. The Morgan fingerprint density at radius 2 is 2.08 bits per heavy atom. The number of hydrogen-bond acceptors (Lipinski definition) is 6. The maximum atomic E-state index is 13.0. The van der Waals surface area contributed by atoms with E-state index in [9.17, 15) is 9.59 Å². The molecular weight excluding hydrogens is 374 g/mol. The highest BCUT2D eigenvalue weighted by Gasteiger charge is 2.52. The third-order valence-electron chi connectivity index (χ3n) is 4.50. The topological polar surface area (TPSA) is 55.8 Å². The first kappa shape index (κ1) is 18.9. The van der Waals surface area contributed by atoms with Gasteiger partial charge in [0.25, 0.3) is 5.72 Å². The SMILES string of the molecule is CCC(=O)O[C@](C(=O)OC)(c1ccccc1Cl)N1CCc2sccc2C1. The number of rotatable bonds is 5. The Bertz CT molecular complexity index is 821. The van der Waals surface area contributed by atoms with Crippen molar-refractivity contribution < 1.29 is 19.1 Å². The van der Waals surface area contributed by atoms with Gasteiger partial charge in [0.2, 0.25) is 0 Å². The zero-order chi connectivity index (χ0) is 18.7. The summed E-state index contributed by atoms with van der Waals surface area (Å²) in [5.41, 5.74) is -0.178. The number of benzene rings is 1. The normalized spacial score (nSPS) is 16.4. The third kappa shape index (κ3) is 3.24. The number of nitrogens with zero attached hydrogens (tertiary/aromatic N) is 1. The summed E-state index contributed by atoms with van der Waals surface area (Å²) in [6.07, 6.45) is 0.903. The first-order valence-corrected chi connectivity index (χ1v) is 9.64. The molecule has 0 spiro atoms. The zero-order valence-corrected chi connectivity index (χ0v) is 16.2. The summed E-state index contributed by atoms with van der Waals surface area (Å²) in [7, 11) is 1.29. The van der Waals surface area contributed by atoms with E-state index in [4.69, 9.17) is 21.1 Å². The molecule has 138 valence electrons. The fraction of sp³-hybridized carbons (Fsp3) is 0.368. The molecular formula is C19H20ClNO4S. The lowest BCUT2D eigenvalue weighted by molar-refractivity contribution is -0.212. The van der Waals surface area contributed by atoms with Crippen LogP contribution < -0.4 is 0 Å². The summed E-state index contributed by atoms with van der Waals surface area (Å²) in [5, 5.41) is 2.37. The summed E-state index contributed by atoms with van der Waals surface area (Å²) in [5.74, 6) is -1.16. The molecule has 1 aromatic carbocycles. The van der Waals surface area contributed by atoms with Crippen LogP contribution >= 0.6 is 22.9 Å². The van der Waals surface area contributed by atoms with Crippen LogP contribution in [0, 0.1) is 0 Å². The molecule has 1 atom stereocenters. The molecule has 0 unspecified atom stereocenters. The quantitative estimate of drug-likeness (QED) is 0.724. The summed E-state index contributed by atoms with van der Waals surface area (Å²) in [6.45, 7) is 2.70. The van der Waals surface area contributed by atoms with Crippen molar-refractivity contribution in [3.63, 3.8) is 0 Å². The van der Waals surface area contributed by atoms with E-state index in [1.54, 1.807) is 42.5 Å². The second-order valence-corrected chi connectivity index (χ2v) is 7.39. The smallest absolute Gasteiger partial charge is 0.371 e. The number of methoxy groups -OCH3 is 1. The van der Waals surface area contributed by atoms with Crippen LogP contribution in [0.1, 0.15) is 29.3 Å².